The molecule has 1 aromatic heterocycles. The van der Waals surface area contributed by atoms with Crippen LogP contribution in [0.5, 0.6) is 0 Å². The van der Waals surface area contributed by atoms with Gasteiger partial charge in [0.2, 0.25) is 0 Å². The van der Waals surface area contributed by atoms with Crippen molar-refractivity contribution in [3.8, 4) is 67.3 Å². The van der Waals surface area contributed by atoms with Crippen LogP contribution in [0.2, 0.25) is 0 Å². The molecule has 53 heavy (non-hydrogen) atoms. The molecule has 9 aromatic rings. The Balaban J connectivity index is 1.20. The first kappa shape index (κ1) is 31.1. The van der Waals surface area contributed by atoms with Crippen molar-refractivity contribution in [3.63, 3.8) is 0 Å². The van der Waals surface area contributed by atoms with E-state index in [0.717, 1.165) is 44.6 Å². The van der Waals surface area contributed by atoms with E-state index in [0.29, 0.717) is 5.82 Å². The predicted octanol–water partition coefficient (Wildman–Crippen LogP) is 13.4. The van der Waals surface area contributed by atoms with Gasteiger partial charge in [0.05, 0.1) is 11.4 Å². The Kier molecular flexibility index (Phi) is 7.19. The van der Waals surface area contributed by atoms with E-state index in [4.69, 9.17) is 9.97 Å². The molecule has 1 heterocycles. The molecule has 1 aliphatic carbocycles. The molecule has 2 nitrogen and oxygen atoms in total. The van der Waals surface area contributed by atoms with Crippen molar-refractivity contribution >= 4 is 21.5 Å². The molecule has 0 saturated carbocycles. The van der Waals surface area contributed by atoms with E-state index in [-0.39, 0.29) is 5.41 Å². The number of hydrogen-bond donors (Lipinski definition) is 0. The van der Waals surface area contributed by atoms with Gasteiger partial charge in [-0.05, 0) is 78.2 Å². The Hall–Kier alpha value is -6.64. The SMILES string of the molecule is CC1(C)c2cccc(-c3ccc(-c4nc(-c5ccccc5)cc(-c5ccccc5-c5ccccc5)n4)c4ccccc34)c2-c2c1ccc1ccccc21. The van der Waals surface area contributed by atoms with E-state index in [2.05, 4.69) is 190 Å². The molecule has 0 radical (unpaired) electrons. The number of nitrogens with zero attached hydrogens (tertiary/aromatic N) is 2. The lowest BCUT2D eigenvalue weighted by Gasteiger charge is -2.22. The smallest absolute Gasteiger partial charge is 0.161 e. The molecule has 0 unspecified atom stereocenters. The third-order valence-corrected chi connectivity index (χ3v) is 11.1. The molecular weight excluding hydrogens is 641 g/mol. The first-order valence-electron chi connectivity index (χ1n) is 18.3. The molecule has 0 spiro atoms. The monoisotopic (exact) mass is 676 g/mol. The third kappa shape index (κ3) is 5.02. The van der Waals surface area contributed by atoms with E-state index in [1.54, 1.807) is 0 Å². The van der Waals surface area contributed by atoms with Crippen LogP contribution in [0.25, 0.3) is 88.8 Å². The summed E-state index contributed by atoms with van der Waals surface area (Å²) in [7, 11) is 0. The molecule has 0 saturated heterocycles. The topological polar surface area (TPSA) is 25.8 Å². The van der Waals surface area contributed by atoms with Gasteiger partial charge < -0.3 is 0 Å². The average Bonchev–Trinajstić information content (AvgIpc) is 3.47. The Bertz CT molecular complexity index is 2850. The van der Waals surface area contributed by atoms with Crippen LogP contribution in [-0.4, -0.2) is 9.97 Å². The molecule has 0 aliphatic heterocycles. The summed E-state index contributed by atoms with van der Waals surface area (Å²) in [4.78, 5) is 10.7. The van der Waals surface area contributed by atoms with Crippen molar-refractivity contribution < 1.29 is 0 Å². The highest BCUT2D eigenvalue weighted by atomic mass is 14.9. The minimum absolute atomic E-state index is 0.112. The first-order chi connectivity index (χ1) is 26.1. The summed E-state index contributed by atoms with van der Waals surface area (Å²) in [5.74, 6) is 0.711. The van der Waals surface area contributed by atoms with Crippen LogP contribution in [0.15, 0.2) is 182 Å². The second-order valence-electron chi connectivity index (χ2n) is 14.5. The molecule has 2 heteroatoms. The maximum atomic E-state index is 5.37. The van der Waals surface area contributed by atoms with Gasteiger partial charge in [-0.1, -0.05) is 184 Å². The van der Waals surface area contributed by atoms with Crippen LogP contribution in [0.3, 0.4) is 0 Å². The number of hydrogen-bond acceptors (Lipinski definition) is 2. The molecule has 1 aliphatic rings. The minimum Gasteiger partial charge on any atom is -0.228 e. The maximum absolute atomic E-state index is 5.37. The van der Waals surface area contributed by atoms with Gasteiger partial charge >= 0.3 is 0 Å². The molecule has 0 bridgehead atoms. The van der Waals surface area contributed by atoms with Gasteiger partial charge in [0.25, 0.3) is 0 Å². The quantitative estimate of drug-likeness (QED) is 0.181. The molecule has 0 amide bonds. The van der Waals surface area contributed by atoms with Crippen LogP contribution in [-0.2, 0) is 5.41 Å². The second-order valence-corrected chi connectivity index (χ2v) is 14.5. The molecule has 10 rings (SSSR count). The van der Waals surface area contributed by atoms with Crippen LogP contribution < -0.4 is 0 Å². The fraction of sp³-hybridized carbons (Fsp3) is 0.0588. The number of rotatable bonds is 5. The van der Waals surface area contributed by atoms with Gasteiger partial charge in [-0.3, -0.25) is 0 Å². The van der Waals surface area contributed by atoms with Crippen molar-refractivity contribution in [3.05, 3.63) is 193 Å². The van der Waals surface area contributed by atoms with Gasteiger partial charge in [-0.25, -0.2) is 9.97 Å². The Morgan fingerprint density at radius 2 is 0.925 bits per heavy atom. The molecule has 0 fully saturated rings. The summed E-state index contributed by atoms with van der Waals surface area (Å²) in [6.07, 6.45) is 0. The summed E-state index contributed by atoms with van der Waals surface area (Å²) in [5, 5.41) is 4.89. The van der Waals surface area contributed by atoms with Gasteiger partial charge in [0, 0.05) is 22.1 Å². The summed E-state index contributed by atoms with van der Waals surface area (Å²) in [5.41, 5.74) is 15.0. The lowest BCUT2D eigenvalue weighted by molar-refractivity contribution is 0.661. The van der Waals surface area contributed by atoms with Crippen LogP contribution >= 0.6 is 0 Å². The largest absolute Gasteiger partial charge is 0.228 e. The minimum atomic E-state index is -0.112. The zero-order chi connectivity index (χ0) is 35.5. The summed E-state index contributed by atoms with van der Waals surface area (Å²) >= 11 is 0. The van der Waals surface area contributed by atoms with Crippen molar-refractivity contribution in [2.24, 2.45) is 0 Å². The normalized spacial score (nSPS) is 12.9. The lowest BCUT2D eigenvalue weighted by atomic mass is 9.81. The van der Waals surface area contributed by atoms with Gasteiger partial charge in [0.15, 0.2) is 5.82 Å². The third-order valence-electron chi connectivity index (χ3n) is 11.1. The average molecular weight is 677 g/mol. The standard InChI is InChI=1S/C51H36N2/c1-51(2)44-27-15-26-42(49(44)48-37-22-10-9-18-34(37)28-31-45(48)51)40-29-30-43(39-24-13-12-23-38(39)40)50-52-46(35-19-7-4-8-20-35)32-47(53-50)41-25-14-11-21-36(41)33-16-5-3-6-17-33/h3-32H,1-2H3. The van der Waals surface area contributed by atoms with Crippen LogP contribution in [0.4, 0.5) is 0 Å². The van der Waals surface area contributed by atoms with E-state index in [9.17, 15) is 0 Å². The van der Waals surface area contributed by atoms with Crippen molar-refractivity contribution in [1.29, 1.82) is 0 Å². The summed E-state index contributed by atoms with van der Waals surface area (Å²) < 4.78 is 0. The molecule has 0 atom stereocenters. The Labute approximate surface area is 310 Å². The lowest BCUT2D eigenvalue weighted by Crippen LogP contribution is -2.14. The molecule has 8 aromatic carbocycles. The Morgan fingerprint density at radius 3 is 1.70 bits per heavy atom. The Morgan fingerprint density at radius 1 is 0.358 bits per heavy atom. The highest BCUT2D eigenvalue weighted by molar-refractivity contribution is 6.11. The highest BCUT2D eigenvalue weighted by Gasteiger charge is 2.38. The van der Waals surface area contributed by atoms with Crippen molar-refractivity contribution in [2.45, 2.75) is 19.3 Å². The molecule has 250 valence electrons. The summed E-state index contributed by atoms with van der Waals surface area (Å²) in [6, 6.07) is 65.2. The van der Waals surface area contributed by atoms with Gasteiger partial charge in [-0.2, -0.15) is 0 Å². The molecular formula is C51H36N2. The fourth-order valence-electron chi connectivity index (χ4n) is 8.54. The van der Waals surface area contributed by atoms with Crippen molar-refractivity contribution in [1.82, 2.24) is 9.97 Å². The van der Waals surface area contributed by atoms with E-state index in [1.807, 2.05) is 6.07 Å². The fourth-order valence-corrected chi connectivity index (χ4v) is 8.54. The van der Waals surface area contributed by atoms with Gasteiger partial charge in [-0.15, -0.1) is 0 Å². The predicted molar refractivity (Wildman–Crippen MR) is 222 cm³/mol. The van der Waals surface area contributed by atoms with E-state index >= 15 is 0 Å². The van der Waals surface area contributed by atoms with E-state index in [1.165, 1.54) is 49.5 Å². The van der Waals surface area contributed by atoms with Gasteiger partial charge in [0.1, 0.15) is 0 Å². The maximum Gasteiger partial charge on any atom is 0.161 e. The zero-order valence-electron chi connectivity index (χ0n) is 29.7. The van der Waals surface area contributed by atoms with Crippen molar-refractivity contribution in [2.75, 3.05) is 0 Å². The number of aromatic nitrogens is 2. The van der Waals surface area contributed by atoms with Crippen LogP contribution in [0, 0.1) is 0 Å². The molecule has 0 N–H and O–H groups in total. The highest BCUT2D eigenvalue weighted by Crippen LogP contribution is 2.55. The zero-order valence-corrected chi connectivity index (χ0v) is 29.7. The summed E-state index contributed by atoms with van der Waals surface area (Å²) in [6.45, 7) is 4.73. The van der Waals surface area contributed by atoms with E-state index < -0.39 is 0 Å². The first-order valence-corrected chi connectivity index (χ1v) is 18.3. The number of benzene rings is 8. The number of fused-ring (bicyclic) bond motifs is 6. The second kappa shape index (κ2) is 12.3. The van der Waals surface area contributed by atoms with Crippen LogP contribution in [0.1, 0.15) is 25.0 Å².